The van der Waals surface area contributed by atoms with Gasteiger partial charge >= 0.3 is 12.1 Å². The van der Waals surface area contributed by atoms with Gasteiger partial charge in [-0.25, -0.2) is 9.59 Å². The molecule has 0 amide bonds. The Morgan fingerprint density at radius 1 is 1.19 bits per heavy atom. The van der Waals surface area contributed by atoms with Crippen molar-refractivity contribution in [2.24, 2.45) is 0 Å². The Morgan fingerprint density at radius 2 is 1.90 bits per heavy atom. The summed E-state index contributed by atoms with van der Waals surface area (Å²) in [6.45, 7) is 9.48. The first-order valence-electron chi connectivity index (χ1n) is 10.5. The maximum absolute atomic E-state index is 13.0. The average molecular weight is 447 g/mol. The average Bonchev–Trinajstić information content (AvgIpc) is 3.10. The van der Waals surface area contributed by atoms with Gasteiger partial charge in [-0.2, -0.15) is 0 Å². The molecule has 1 aliphatic rings. The Kier molecular flexibility index (Phi) is 6.74. The van der Waals surface area contributed by atoms with Gasteiger partial charge in [0.15, 0.2) is 12.0 Å². The lowest BCUT2D eigenvalue weighted by Crippen LogP contribution is -2.34. The fourth-order valence-corrected chi connectivity index (χ4v) is 3.91. The van der Waals surface area contributed by atoms with Gasteiger partial charge in [-0.15, -0.1) is 5.10 Å². The van der Waals surface area contributed by atoms with Gasteiger partial charge < -0.3 is 14.8 Å². The first kappa shape index (κ1) is 22.9. The summed E-state index contributed by atoms with van der Waals surface area (Å²) in [5.74, 6) is -0.375. The number of carbonyl (C=O) groups is 2. The van der Waals surface area contributed by atoms with Crippen molar-refractivity contribution in [1.82, 2.24) is 4.68 Å². The minimum absolute atomic E-state index is 0.259. The summed E-state index contributed by atoms with van der Waals surface area (Å²) in [6.07, 6.45) is 2.55. The van der Waals surface area contributed by atoms with Crippen molar-refractivity contribution in [3.8, 4) is 0 Å². The van der Waals surface area contributed by atoms with E-state index in [-0.39, 0.29) is 6.61 Å². The van der Waals surface area contributed by atoms with Gasteiger partial charge in [0, 0.05) is 10.7 Å². The molecular formula is C23H29ClN3O4+. The Morgan fingerprint density at radius 3 is 2.52 bits per heavy atom. The van der Waals surface area contributed by atoms with E-state index < -0.39 is 23.6 Å². The fourth-order valence-electron chi connectivity index (χ4n) is 3.67. The Hall–Kier alpha value is -2.80. The maximum Gasteiger partial charge on any atom is 0.470 e. The van der Waals surface area contributed by atoms with Crippen LogP contribution in [-0.4, -0.2) is 29.0 Å². The van der Waals surface area contributed by atoms with Crippen LogP contribution >= 0.6 is 11.6 Å². The highest BCUT2D eigenvalue weighted by Gasteiger charge is 2.40. The highest BCUT2D eigenvalue weighted by Crippen LogP contribution is 2.44. The predicted octanol–water partition coefficient (Wildman–Crippen LogP) is 4.91. The molecule has 1 atom stereocenters. The summed E-state index contributed by atoms with van der Waals surface area (Å²) >= 11 is 6.55. The molecule has 8 heteroatoms. The summed E-state index contributed by atoms with van der Waals surface area (Å²) in [5.41, 5.74) is 2.02. The second-order valence-corrected chi connectivity index (χ2v) is 8.74. The molecule has 2 N–H and O–H groups in total. The van der Waals surface area contributed by atoms with Gasteiger partial charge in [0.2, 0.25) is 0 Å². The minimum atomic E-state index is -0.656. The van der Waals surface area contributed by atoms with Gasteiger partial charge in [-0.05, 0) is 50.4 Å². The van der Waals surface area contributed by atoms with E-state index in [1.54, 1.807) is 19.2 Å². The first-order chi connectivity index (χ1) is 14.7. The molecule has 0 saturated heterocycles. The minimum Gasteiger partial charge on any atom is -0.463 e. The number of halogens is 1. The lowest BCUT2D eigenvalue weighted by molar-refractivity contribution is -0.473. The molecule has 0 saturated carbocycles. The van der Waals surface area contributed by atoms with Crippen LogP contribution in [0.3, 0.4) is 0 Å². The van der Waals surface area contributed by atoms with Gasteiger partial charge in [0.05, 0.1) is 23.7 Å². The molecule has 2 heterocycles. The topological polar surface area (TPSA) is 83.7 Å². The number of anilines is 1. The monoisotopic (exact) mass is 446 g/mol. The first-order valence-corrected chi connectivity index (χ1v) is 10.8. The number of hydrogen-bond acceptors (Lipinski definition) is 5. The molecule has 2 aromatic rings. The van der Waals surface area contributed by atoms with Crippen molar-refractivity contribution >= 4 is 29.5 Å². The number of H-pyrrole nitrogens is 1. The van der Waals surface area contributed by atoms with Crippen molar-refractivity contribution in [1.29, 1.82) is 0 Å². The number of rotatable bonds is 5. The molecule has 3 rings (SSSR count). The largest absolute Gasteiger partial charge is 0.470 e. The number of aromatic nitrogens is 2. The molecule has 0 radical (unpaired) electrons. The predicted molar refractivity (Wildman–Crippen MR) is 118 cm³/mol. The van der Waals surface area contributed by atoms with Gasteiger partial charge in [-0.3, -0.25) is 0 Å². The number of nitrogens with zero attached hydrogens (tertiary/aromatic N) is 1. The van der Waals surface area contributed by atoms with Crippen LogP contribution in [0.15, 0.2) is 41.7 Å². The number of hydrogen-bond donors (Lipinski definition) is 1. The van der Waals surface area contributed by atoms with Crippen LogP contribution < -0.4 is 10.4 Å². The Balaban J connectivity index is 2.21. The molecule has 0 spiro atoms. The van der Waals surface area contributed by atoms with Crippen molar-refractivity contribution in [2.75, 3.05) is 11.9 Å². The number of ether oxygens (including phenoxy) is 2. The summed E-state index contributed by atoms with van der Waals surface area (Å²) in [4.78, 5) is 25.9. The standard InChI is InChI=1S/C23H28ClN3O4/c1-6-10-17-19(21(28)30-7-2)18(14-11-8-9-12-16(14)24)15-13-25-27(20(15)26-17)22(29)31-23(3,4)5/h8-9,11-13,18,26H,6-7,10H2,1-5H3/p+1. The molecule has 0 aliphatic carbocycles. The zero-order chi connectivity index (χ0) is 22.8. The highest BCUT2D eigenvalue weighted by molar-refractivity contribution is 6.31. The Bertz CT molecular complexity index is 1020. The SMILES string of the molecule is CCCC1=C(C(=O)OCC)C(c2ccccc2Cl)c2c[nH+]n(C(=O)OC(C)(C)C)c2N1. The van der Waals surface area contributed by atoms with Crippen molar-refractivity contribution < 1.29 is 24.2 Å². The van der Waals surface area contributed by atoms with Crippen molar-refractivity contribution in [2.45, 2.75) is 59.0 Å². The summed E-state index contributed by atoms with van der Waals surface area (Å²) in [7, 11) is 0. The third-order valence-corrected chi connectivity index (χ3v) is 5.17. The van der Waals surface area contributed by atoms with E-state index in [1.165, 1.54) is 4.68 Å². The second kappa shape index (κ2) is 9.14. The van der Waals surface area contributed by atoms with E-state index in [4.69, 9.17) is 21.1 Å². The molecular weight excluding hydrogens is 418 g/mol. The van der Waals surface area contributed by atoms with Crippen LogP contribution in [0, 0.1) is 0 Å². The number of fused-ring (bicyclic) bond motifs is 1. The van der Waals surface area contributed by atoms with E-state index in [0.717, 1.165) is 12.0 Å². The van der Waals surface area contributed by atoms with E-state index in [2.05, 4.69) is 10.4 Å². The fraction of sp³-hybridized carbons (Fsp3) is 0.435. The van der Waals surface area contributed by atoms with Gasteiger partial charge in [-0.1, -0.05) is 43.1 Å². The number of aromatic amines is 1. The zero-order valence-electron chi connectivity index (χ0n) is 18.5. The van der Waals surface area contributed by atoms with Gasteiger partial charge in [0.1, 0.15) is 5.60 Å². The molecule has 1 aromatic carbocycles. The molecule has 1 unspecified atom stereocenters. The smallest absolute Gasteiger partial charge is 0.463 e. The third-order valence-electron chi connectivity index (χ3n) is 4.83. The van der Waals surface area contributed by atoms with Crippen LogP contribution in [0.25, 0.3) is 0 Å². The lowest BCUT2D eigenvalue weighted by Gasteiger charge is -2.28. The number of benzene rings is 1. The van der Waals surface area contributed by atoms with Crippen LogP contribution in [0.1, 0.15) is 64.5 Å². The summed E-state index contributed by atoms with van der Waals surface area (Å²) in [6, 6.07) is 7.39. The van der Waals surface area contributed by atoms with Crippen LogP contribution in [0.5, 0.6) is 0 Å². The summed E-state index contributed by atoms with van der Waals surface area (Å²) in [5, 5.41) is 6.79. The van der Waals surface area contributed by atoms with Crippen LogP contribution in [0.2, 0.25) is 5.02 Å². The van der Waals surface area contributed by atoms with Gasteiger partial charge in [0.25, 0.3) is 0 Å². The second-order valence-electron chi connectivity index (χ2n) is 8.34. The molecule has 7 nitrogen and oxygen atoms in total. The number of carbonyl (C=O) groups excluding carboxylic acids is 2. The number of allylic oxidation sites excluding steroid dienone is 1. The third kappa shape index (κ3) is 4.77. The summed E-state index contributed by atoms with van der Waals surface area (Å²) < 4.78 is 12.3. The molecule has 31 heavy (non-hydrogen) atoms. The zero-order valence-corrected chi connectivity index (χ0v) is 19.3. The van der Waals surface area contributed by atoms with E-state index in [0.29, 0.717) is 34.1 Å². The maximum atomic E-state index is 13.0. The molecule has 0 bridgehead atoms. The van der Waals surface area contributed by atoms with E-state index in [1.807, 2.05) is 45.9 Å². The van der Waals surface area contributed by atoms with E-state index >= 15 is 0 Å². The quantitative estimate of drug-likeness (QED) is 0.659. The Labute approximate surface area is 187 Å². The molecule has 166 valence electrons. The lowest BCUT2D eigenvalue weighted by atomic mass is 9.82. The van der Waals surface area contributed by atoms with Crippen molar-refractivity contribution in [3.05, 3.63) is 57.9 Å². The van der Waals surface area contributed by atoms with Crippen molar-refractivity contribution in [3.63, 3.8) is 0 Å². The van der Waals surface area contributed by atoms with Crippen LogP contribution in [0.4, 0.5) is 10.6 Å². The van der Waals surface area contributed by atoms with E-state index in [9.17, 15) is 9.59 Å². The number of nitrogens with one attached hydrogen (secondary N) is 2. The van der Waals surface area contributed by atoms with Crippen LogP contribution in [-0.2, 0) is 14.3 Å². The molecule has 1 aromatic heterocycles. The molecule has 1 aliphatic heterocycles. The molecule has 0 fully saturated rings. The normalized spacial score (nSPS) is 15.9. The highest BCUT2D eigenvalue weighted by atomic mass is 35.5. The number of esters is 1.